The van der Waals surface area contributed by atoms with Gasteiger partial charge in [0.1, 0.15) is 5.69 Å². The number of aliphatic imine (C=N–C) groups is 1. The van der Waals surface area contributed by atoms with Gasteiger partial charge in [-0.05, 0) is 99.5 Å². The lowest BCUT2D eigenvalue weighted by atomic mass is 9.71. The third-order valence-electron chi connectivity index (χ3n) is 5.94. The zero-order chi connectivity index (χ0) is 19.9. The van der Waals surface area contributed by atoms with Crippen molar-refractivity contribution < 1.29 is 8.78 Å². The topological polar surface area (TPSA) is 12.4 Å². The van der Waals surface area contributed by atoms with Gasteiger partial charge in [0.05, 0.1) is 5.16 Å². The number of isothiocyanates is 1. The fraction of sp³-hybridized carbons (Fsp3) is 0.458. The maximum Gasteiger partial charge on any atom is 0.153 e. The van der Waals surface area contributed by atoms with Crippen LogP contribution in [-0.2, 0) is 0 Å². The van der Waals surface area contributed by atoms with Gasteiger partial charge in [-0.15, -0.1) is 0 Å². The van der Waals surface area contributed by atoms with E-state index in [0.717, 1.165) is 42.6 Å². The van der Waals surface area contributed by atoms with Gasteiger partial charge in [-0.3, -0.25) is 0 Å². The molecular weight excluding hydrogens is 372 g/mol. The number of allylic oxidation sites excluding steroid dienone is 4. The predicted molar refractivity (Wildman–Crippen MR) is 114 cm³/mol. The van der Waals surface area contributed by atoms with Gasteiger partial charge in [0.2, 0.25) is 0 Å². The Bertz CT molecular complexity index is 853. The van der Waals surface area contributed by atoms with E-state index in [4.69, 9.17) is 0 Å². The maximum atomic E-state index is 13.9. The Labute approximate surface area is 171 Å². The first-order valence-corrected chi connectivity index (χ1v) is 10.4. The standard InChI is InChI=1S/C24H25F2NS/c1-2-3-17-6-10-20(11-7-17)21-12-8-18(9-13-21)4-5-19-14-22(25)24(27-16-28)23(26)15-19/h2-3,8,14-15,17,20-21H,6-7,9-13H2,1H3/b3-2+. The molecule has 0 aromatic heterocycles. The molecular formula is C24H25F2NS. The molecule has 0 spiro atoms. The molecule has 1 aromatic rings. The van der Waals surface area contributed by atoms with Crippen molar-refractivity contribution in [2.45, 2.75) is 51.9 Å². The third-order valence-corrected chi connectivity index (χ3v) is 6.03. The molecule has 2 aliphatic rings. The van der Waals surface area contributed by atoms with Crippen molar-refractivity contribution in [3.63, 3.8) is 0 Å². The zero-order valence-electron chi connectivity index (χ0n) is 16.2. The third kappa shape index (κ3) is 5.25. The van der Waals surface area contributed by atoms with E-state index in [-0.39, 0.29) is 0 Å². The molecule has 146 valence electrons. The Morgan fingerprint density at radius 3 is 2.32 bits per heavy atom. The second-order valence-electron chi connectivity index (χ2n) is 7.71. The number of hydrogen-bond donors (Lipinski definition) is 0. The van der Waals surface area contributed by atoms with Crippen LogP contribution in [0.4, 0.5) is 14.5 Å². The van der Waals surface area contributed by atoms with E-state index in [2.05, 4.69) is 54.2 Å². The van der Waals surface area contributed by atoms with Crippen LogP contribution in [0.5, 0.6) is 0 Å². The molecule has 3 rings (SSSR count). The fourth-order valence-electron chi connectivity index (χ4n) is 4.42. The van der Waals surface area contributed by atoms with E-state index in [1.165, 1.54) is 37.8 Å². The van der Waals surface area contributed by atoms with Gasteiger partial charge in [-0.2, -0.15) is 4.99 Å². The van der Waals surface area contributed by atoms with Gasteiger partial charge in [0.15, 0.2) is 11.6 Å². The molecule has 0 saturated heterocycles. The van der Waals surface area contributed by atoms with Crippen LogP contribution >= 0.6 is 12.2 Å². The van der Waals surface area contributed by atoms with E-state index in [1.54, 1.807) is 0 Å². The van der Waals surface area contributed by atoms with Crippen LogP contribution in [0.1, 0.15) is 57.4 Å². The molecule has 1 aromatic carbocycles. The SMILES string of the molecule is C/C=C/C1CCC(C2CC=C(C#Cc3cc(F)c(N=C=S)c(F)c3)CC2)CC1. The molecule has 1 unspecified atom stereocenters. The molecule has 1 fully saturated rings. The Morgan fingerprint density at radius 1 is 1.04 bits per heavy atom. The van der Waals surface area contributed by atoms with Crippen LogP contribution in [0.2, 0.25) is 0 Å². The van der Waals surface area contributed by atoms with Crippen LogP contribution in [0.15, 0.2) is 40.9 Å². The normalized spacial score (nSPS) is 24.8. The molecule has 0 heterocycles. The average molecular weight is 398 g/mol. The number of rotatable bonds is 3. The first kappa shape index (κ1) is 20.6. The van der Waals surface area contributed by atoms with Crippen LogP contribution < -0.4 is 0 Å². The lowest BCUT2D eigenvalue weighted by molar-refractivity contribution is 0.210. The summed E-state index contributed by atoms with van der Waals surface area (Å²) in [6.07, 6.45) is 15.2. The van der Waals surface area contributed by atoms with Gasteiger partial charge in [-0.25, -0.2) is 8.78 Å². The summed E-state index contributed by atoms with van der Waals surface area (Å²) in [4.78, 5) is 3.42. The Morgan fingerprint density at radius 2 is 1.75 bits per heavy atom. The molecule has 0 bridgehead atoms. The molecule has 1 nitrogen and oxygen atoms in total. The summed E-state index contributed by atoms with van der Waals surface area (Å²) in [5.41, 5.74) is 0.966. The molecule has 28 heavy (non-hydrogen) atoms. The van der Waals surface area contributed by atoms with E-state index in [0.29, 0.717) is 5.56 Å². The fourth-order valence-corrected chi connectivity index (χ4v) is 4.51. The van der Waals surface area contributed by atoms with Crippen molar-refractivity contribution in [1.82, 2.24) is 0 Å². The summed E-state index contributed by atoms with van der Waals surface area (Å²) < 4.78 is 27.8. The summed E-state index contributed by atoms with van der Waals surface area (Å²) in [6.45, 7) is 2.10. The highest BCUT2D eigenvalue weighted by molar-refractivity contribution is 7.78. The van der Waals surface area contributed by atoms with E-state index >= 15 is 0 Å². The van der Waals surface area contributed by atoms with E-state index in [9.17, 15) is 8.78 Å². The first-order valence-electron chi connectivity index (χ1n) is 10.0. The quantitative estimate of drug-likeness (QED) is 0.228. The zero-order valence-corrected chi connectivity index (χ0v) is 17.0. The number of hydrogen-bond acceptors (Lipinski definition) is 2. The minimum absolute atomic E-state index is 0.309. The molecule has 0 radical (unpaired) electrons. The van der Waals surface area contributed by atoms with Crippen molar-refractivity contribution in [3.05, 3.63) is 53.1 Å². The maximum absolute atomic E-state index is 13.9. The smallest absolute Gasteiger partial charge is 0.153 e. The highest BCUT2D eigenvalue weighted by atomic mass is 32.1. The molecule has 0 N–H and O–H groups in total. The lowest BCUT2D eigenvalue weighted by Crippen LogP contribution is -2.22. The van der Waals surface area contributed by atoms with Crippen LogP contribution in [0, 0.1) is 41.2 Å². The Hall–Kier alpha value is -2.08. The summed E-state index contributed by atoms with van der Waals surface area (Å²) >= 11 is 4.41. The van der Waals surface area contributed by atoms with Gasteiger partial charge >= 0.3 is 0 Å². The van der Waals surface area contributed by atoms with Crippen LogP contribution in [0.3, 0.4) is 0 Å². The van der Waals surface area contributed by atoms with Crippen LogP contribution in [-0.4, -0.2) is 5.16 Å². The average Bonchev–Trinajstić information content (AvgIpc) is 2.70. The minimum atomic E-state index is -0.771. The van der Waals surface area contributed by atoms with Gasteiger partial charge in [-0.1, -0.05) is 30.1 Å². The predicted octanol–water partition coefficient (Wildman–Crippen LogP) is 7.16. The van der Waals surface area contributed by atoms with E-state index < -0.39 is 17.3 Å². The monoisotopic (exact) mass is 397 g/mol. The minimum Gasteiger partial charge on any atom is -0.204 e. The van der Waals surface area contributed by atoms with Gasteiger partial charge in [0.25, 0.3) is 0 Å². The molecule has 4 heteroatoms. The molecule has 0 amide bonds. The number of benzene rings is 1. The van der Waals surface area contributed by atoms with Crippen molar-refractivity contribution in [2.24, 2.45) is 22.7 Å². The number of nitrogens with zero attached hydrogens (tertiary/aromatic N) is 1. The lowest BCUT2D eigenvalue weighted by Gasteiger charge is -2.34. The summed E-state index contributed by atoms with van der Waals surface area (Å²) in [7, 11) is 0. The first-order chi connectivity index (χ1) is 13.6. The van der Waals surface area contributed by atoms with Gasteiger partial charge < -0.3 is 0 Å². The number of halogens is 2. The van der Waals surface area contributed by atoms with Crippen molar-refractivity contribution >= 4 is 23.1 Å². The number of thiocarbonyl (C=S) groups is 1. The second kappa shape index (κ2) is 9.92. The highest BCUT2D eigenvalue weighted by Crippen LogP contribution is 2.39. The molecule has 1 saturated carbocycles. The largest absolute Gasteiger partial charge is 0.204 e. The van der Waals surface area contributed by atoms with Crippen molar-refractivity contribution in [1.29, 1.82) is 0 Å². The molecule has 2 aliphatic carbocycles. The van der Waals surface area contributed by atoms with Crippen LogP contribution in [0.25, 0.3) is 0 Å². The summed E-state index contributed by atoms with van der Waals surface area (Å²) in [5.74, 6) is 6.78. The Balaban J connectivity index is 1.60. The summed E-state index contributed by atoms with van der Waals surface area (Å²) in [6, 6.07) is 2.38. The highest BCUT2D eigenvalue weighted by Gasteiger charge is 2.27. The van der Waals surface area contributed by atoms with E-state index in [1.807, 2.05) is 5.16 Å². The molecule has 0 aliphatic heterocycles. The van der Waals surface area contributed by atoms with Gasteiger partial charge in [0, 0.05) is 5.56 Å². The van der Waals surface area contributed by atoms with Crippen molar-refractivity contribution in [2.75, 3.05) is 0 Å². The van der Waals surface area contributed by atoms with Crippen molar-refractivity contribution in [3.8, 4) is 11.8 Å². The Kier molecular flexibility index (Phi) is 7.31. The second-order valence-corrected chi connectivity index (χ2v) is 7.89. The molecule has 1 atom stereocenters. The summed E-state index contributed by atoms with van der Waals surface area (Å²) in [5, 5.41) is 1.99.